The Morgan fingerprint density at radius 1 is 1.00 bits per heavy atom. The zero-order valence-corrected chi connectivity index (χ0v) is 23.7. The molecule has 0 heterocycles. The second kappa shape index (κ2) is 12.4. The number of nitrogens with two attached hydrogens (primary N) is 1. The fourth-order valence-corrected chi connectivity index (χ4v) is 3.42. The molecule has 0 aromatic rings. The third-order valence-electron chi connectivity index (χ3n) is 5.20. The van der Waals surface area contributed by atoms with Crippen molar-refractivity contribution in [1.29, 1.82) is 0 Å². The van der Waals surface area contributed by atoms with Crippen molar-refractivity contribution in [3.63, 3.8) is 0 Å². The molecule has 0 aliphatic heterocycles. The minimum atomic E-state index is -1.92. The Kier molecular flexibility index (Phi) is 11.9. The quantitative estimate of drug-likeness (QED) is 0.397. The predicted molar refractivity (Wildman–Crippen MR) is 134 cm³/mol. The van der Waals surface area contributed by atoms with Crippen LogP contribution in [0, 0.1) is 0 Å². The summed E-state index contributed by atoms with van der Waals surface area (Å²) in [5.74, 6) is 0. The third-order valence-corrected chi connectivity index (χ3v) is 9.70. The molecular formula is C23H49N3O6Si. The average Bonchev–Trinajstić information content (AvgIpc) is 2.57. The first kappa shape index (κ1) is 31.6. The molecule has 0 spiro atoms. The predicted octanol–water partition coefficient (Wildman–Crippen LogP) is 3.85. The standard InChI is InChI=1S/C23H49N3O6Si/c1-21(2,3)31-19(28)25-14-18(27)15-26(20(29)32-22(4,5)6)13-12-17(24)16-30-33(10,11)23(7,8)9/h17-18,27H,12-16,24H2,1-11H3,(H,25,28)/t17-,18-/m0/s1. The van der Waals surface area contributed by atoms with Crippen molar-refractivity contribution in [3.05, 3.63) is 0 Å². The lowest BCUT2D eigenvalue weighted by molar-refractivity contribution is 0.0131. The van der Waals surface area contributed by atoms with E-state index in [0.29, 0.717) is 19.6 Å². The number of aliphatic hydroxyl groups excluding tert-OH is 1. The van der Waals surface area contributed by atoms with Gasteiger partial charge in [-0.15, -0.1) is 0 Å². The van der Waals surface area contributed by atoms with Gasteiger partial charge in [0.05, 0.1) is 12.6 Å². The summed E-state index contributed by atoms with van der Waals surface area (Å²) in [6.07, 6.45) is -1.68. The molecule has 33 heavy (non-hydrogen) atoms. The molecule has 0 fully saturated rings. The number of nitrogens with zero attached hydrogens (tertiary/aromatic N) is 1. The molecule has 0 unspecified atom stereocenters. The second-order valence-electron chi connectivity index (χ2n) is 12.1. The van der Waals surface area contributed by atoms with Crippen LogP contribution < -0.4 is 11.1 Å². The SMILES string of the molecule is CC(C)(C)OC(=O)NC[C@H](O)CN(CC[C@H](N)CO[Si](C)(C)C(C)(C)C)C(=O)OC(C)(C)C. The third kappa shape index (κ3) is 14.5. The van der Waals surface area contributed by atoms with Crippen LogP contribution in [0.3, 0.4) is 0 Å². The fourth-order valence-electron chi connectivity index (χ4n) is 2.35. The summed E-state index contributed by atoms with van der Waals surface area (Å²) < 4.78 is 16.8. The van der Waals surface area contributed by atoms with E-state index in [4.69, 9.17) is 19.6 Å². The number of carbonyl (C=O) groups is 2. The molecular weight excluding hydrogens is 442 g/mol. The van der Waals surface area contributed by atoms with E-state index in [1.54, 1.807) is 41.5 Å². The van der Waals surface area contributed by atoms with Crippen molar-refractivity contribution in [2.75, 3.05) is 26.2 Å². The van der Waals surface area contributed by atoms with Gasteiger partial charge in [0.2, 0.25) is 0 Å². The molecule has 4 N–H and O–H groups in total. The van der Waals surface area contributed by atoms with E-state index in [2.05, 4.69) is 39.2 Å². The van der Waals surface area contributed by atoms with Gasteiger partial charge in [0, 0.05) is 25.7 Å². The number of hydrogen-bond donors (Lipinski definition) is 3. The van der Waals surface area contributed by atoms with Gasteiger partial charge < -0.3 is 35.0 Å². The molecule has 0 aromatic heterocycles. The summed E-state index contributed by atoms with van der Waals surface area (Å²) in [6, 6.07) is -0.263. The van der Waals surface area contributed by atoms with Crippen LogP contribution in [0.2, 0.25) is 18.1 Å². The Balaban J connectivity index is 4.94. The lowest BCUT2D eigenvalue weighted by Gasteiger charge is -2.37. The molecule has 196 valence electrons. The Hall–Kier alpha value is -1.36. The van der Waals surface area contributed by atoms with E-state index in [1.165, 1.54) is 4.90 Å². The van der Waals surface area contributed by atoms with Crippen LogP contribution >= 0.6 is 0 Å². The van der Waals surface area contributed by atoms with E-state index in [9.17, 15) is 14.7 Å². The number of amides is 2. The molecule has 0 rings (SSSR count). The molecule has 0 bridgehead atoms. The molecule has 0 saturated carbocycles. The van der Waals surface area contributed by atoms with Gasteiger partial charge in [-0.3, -0.25) is 0 Å². The zero-order chi connectivity index (χ0) is 26.3. The van der Waals surface area contributed by atoms with Crippen molar-refractivity contribution < 1.29 is 28.6 Å². The zero-order valence-electron chi connectivity index (χ0n) is 22.7. The molecule has 0 saturated heterocycles. The molecule has 9 nitrogen and oxygen atoms in total. The highest BCUT2D eigenvalue weighted by Gasteiger charge is 2.37. The number of carbonyl (C=O) groups excluding carboxylic acids is 2. The monoisotopic (exact) mass is 491 g/mol. The summed E-state index contributed by atoms with van der Waals surface area (Å²) in [5, 5.41) is 13.0. The highest BCUT2D eigenvalue weighted by molar-refractivity contribution is 6.74. The van der Waals surface area contributed by atoms with Crippen LogP contribution in [0.5, 0.6) is 0 Å². The lowest BCUT2D eigenvalue weighted by Crippen LogP contribution is -2.47. The fraction of sp³-hybridized carbons (Fsp3) is 0.913. The maximum Gasteiger partial charge on any atom is 0.410 e. The van der Waals surface area contributed by atoms with E-state index in [0.717, 1.165) is 0 Å². The Bertz CT molecular complexity index is 623. The second-order valence-corrected chi connectivity index (χ2v) is 16.9. The van der Waals surface area contributed by atoms with Crippen molar-refractivity contribution in [3.8, 4) is 0 Å². The highest BCUT2D eigenvalue weighted by atomic mass is 28.4. The lowest BCUT2D eigenvalue weighted by atomic mass is 10.2. The van der Waals surface area contributed by atoms with Gasteiger partial charge in [0.15, 0.2) is 8.32 Å². The van der Waals surface area contributed by atoms with Gasteiger partial charge in [-0.2, -0.15) is 0 Å². The largest absolute Gasteiger partial charge is 0.444 e. The van der Waals surface area contributed by atoms with Crippen molar-refractivity contribution in [2.24, 2.45) is 5.73 Å². The Morgan fingerprint density at radius 3 is 1.97 bits per heavy atom. The van der Waals surface area contributed by atoms with Crippen molar-refractivity contribution >= 4 is 20.5 Å². The Morgan fingerprint density at radius 2 is 1.52 bits per heavy atom. The summed E-state index contributed by atoms with van der Waals surface area (Å²) in [6.45, 7) is 22.1. The first-order valence-electron chi connectivity index (χ1n) is 11.7. The number of alkyl carbamates (subject to hydrolysis) is 1. The van der Waals surface area contributed by atoms with E-state index in [1.807, 2.05) is 0 Å². The maximum absolute atomic E-state index is 12.7. The average molecular weight is 492 g/mol. The minimum absolute atomic E-state index is 0.0134. The maximum atomic E-state index is 12.7. The molecule has 2 amide bonds. The smallest absolute Gasteiger partial charge is 0.410 e. The topological polar surface area (TPSA) is 123 Å². The van der Waals surface area contributed by atoms with Crippen LogP contribution in [0.25, 0.3) is 0 Å². The van der Waals surface area contributed by atoms with Gasteiger partial charge in [0.25, 0.3) is 0 Å². The van der Waals surface area contributed by atoms with Gasteiger partial charge in [-0.05, 0) is 66.1 Å². The van der Waals surface area contributed by atoms with Gasteiger partial charge >= 0.3 is 12.2 Å². The van der Waals surface area contributed by atoms with Gasteiger partial charge in [-0.1, -0.05) is 20.8 Å². The highest BCUT2D eigenvalue weighted by Crippen LogP contribution is 2.36. The van der Waals surface area contributed by atoms with E-state index < -0.39 is 37.8 Å². The Labute approximate surface area is 201 Å². The van der Waals surface area contributed by atoms with Crippen LogP contribution in [0.15, 0.2) is 0 Å². The molecule has 10 heteroatoms. The molecule has 2 atom stereocenters. The number of nitrogens with one attached hydrogen (secondary N) is 1. The summed E-state index contributed by atoms with van der Waals surface area (Å²) in [5.41, 5.74) is 4.95. The van der Waals surface area contributed by atoms with E-state index >= 15 is 0 Å². The van der Waals surface area contributed by atoms with Crippen LogP contribution in [0.1, 0.15) is 68.7 Å². The number of rotatable bonds is 10. The first-order chi connectivity index (χ1) is 14.6. The first-order valence-corrected chi connectivity index (χ1v) is 14.6. The van der Waals surface area contributed by atoms with Crippen molar-refractivity contribution in [2.45, 2.75) is 110 Å². The molecule has 0 radical (unpaired) electrons. The van der Waals surface area contributed by atoms with Crippen LogP contribution in [0.4, 0.5) is 9.59 Å². The summed E-state index contributed by atoms with van der Waals surface area (Å²) in [7, 11) is -1.92. The number of ether oxygens (including phenoxy) is 2. The van der Waals surface area contributed by atoms with Crippen LogP contribution in [-0.2, 0) is 13.9 Å². The van der Waals surface area contributed by atoms with Gasteiger partial charge in [-0.25, -0.2) is 9.59 Å². The van der Waals surface area contributed by atoms with E-state index in [-0.39, 0.29) is 24.2 Å². The van der Waals surface area contributed by atoms with Crippen molar-refractivity contribution in [1.82, 2.24) is 10.2 Å². The number of aliphatic hydroxyl groups is 1. The normalized spacial score (nSPS) is 14.9. The summed E-state index contributed by atoms with van der Waals surface area (Å²) >= 11 is 0. The minimum Gasteiger partial charge on any atom is -0.444 e. The molecule has 0 aliphatic rings. The van der Waals surface area contributed by atoms with Crippen LogP contribution in [-0.4, -0.2) is 80.1 Å². The number of hydrogen-bond acceptors (Lipinski definition) is 7. The molecule has 0 aliphatic carbocycles. The summed E-state index contributed by atoms with van der Waals surface area (Å²) in [4.78, 5) is 25.9. The van der Waals surface area contributed by atoms with Gasteiger partial charge in [0.1, 0.15) is 11.2 Å². The molecule has 0 aromatic carbocycles.